The average molecular weight is 688 g/mol. The molecule has 1 aliphatic heterocycles. The van der Waals surface area contributed by atoms with Crippen LogP contribution in [0.25, 0.3) is 11.1 Å². The van der Waals surface area contributed by atoms with Gasteiger partial charge in [-0.1, -0.05) is 53.2 Å². The summed E-state index contributed by atoms with van der Waals surface area (Å²) in [7, 11) is 0. The topological polar surface area (TPSA) is 106 Å². The quantitative estimate of drug-likeness (QED) is 0.190. The molecule has 9 nitrogen and oxygen atoms in total. The summed E-state index contributed by atoms with van der Waals surface area (Å²) in [4.78, 5) is 27.9. The zero-order valence-corrected chi connectivity index (χ0v) is 28.0. The number of halogens is 3. The first kappa shape index (κ1) is 33.6. The number of ether oxygens (including phenoxy) is 2. The zero-order chi connectivity index (χ0) is 33.2. The van der Waals surface area contributed by atoms with Gasteiger partial charge >= 0.3 is 6.09 Å². The summed E-state index contributed by atoms with van der Waals surface area (Å²) in [6, 6.07) is 13.5. The van der Waals surface area contributed by atoms with Gasteiger partial charge in [0.15, 0.2) is 5.44 Å². The predicted octanol–water partition coefficient (Wildman–Crippen LogP) is 7.33. The van der Waals surface area contributed by atoms with E-state index in [9.17, 15) is 14.7 Å². The highest BCUT2D eigenvalue weighted by Crippen LogP contribution is 2.45. The molecule has 5 rings (SSSR count). The van der Waals surface area contributed by atoms with Gasteiger partial charge in [-0.15, -0.1) is 0 Å². The molecular weight excluding hydrogens is 654 g/mol. The number of amides is 2. The van der Waals surface area contributed by atoms with E-state index in [2.05, 4.69) is 10.4 Å². The number of carbonyl (C=O) groups is 2. The maximum atomic E-state index is 15.2. The molecule has 242 valence electrons. The lowest BCUT2D eigenvalue weighted by molar-refractivity contribution is 0.0694. The van der Waals surface area contributed by atoms with Crippen LogP contribution in [0.2, 0.25) is 10.0 Å². The summed E-state index contributed by atoms with van der Waals surface area (Å²) < 4.78 is 28.5. The number of benzene rings is 3. The monoisotopic (exact) mass is 686 g/mol. The van der Waals surface area contributed by atoms with Crippen molar-refractivity contribution in [2.45, 2.75) is 50.2 Å². The molecule has 0 saturated carbocycles. The molecule has 1 aliphatic rings. The van der Waals surface area contributed by atoms with Gasteiger partial charge < -0.3 is 19.9 Å². The minimum atomic E-state index is -1.12. The Morgan fingerprint density at radius 1 is 1.17 bits per heavy atom. The van der Waals surface area contributed by atoms with Crippen LogP contribution in [0.3, 0.4) is 0 Å². The summed E-state index contributed by atoms with van der Waals surface area (Å²) in [5.41, 5.74) is 1.60. The highest BCUT2D eigenvalue weighted by Gasteiger charge is 2.33. The SMILES string of the molecule is CCOC(=O)N1CC(Oc2cccc(Cl)c2C)Sc2c(-c3cnn(Cc4c(F)cc(C(=O)NCC(C)(C)O)cc4Cl)c3)cccc21. The van der Waals surface area contributed by atoms with Gasteiger partial charge in [0, 0.05) is 55.5 Å². The normalized spacial score (nSPS) is 14.5. The molecule has 0 saturated heterocycles. The Kier molecular flexibility index (Phi) is 10.2. The Labute approximate surface area is 280 Å². The molecule has 0 bridgehead atoms. The summed E-state index contributed by atoms with van der Waals surface area (Å²) in [5, 5.41) is 17.5. The molecule has 0 radical (unpaired) electrons. The number of hydrogen-bond acceptors (Lipinski definition) is 7. The van der Waals surface area contributed by atoms with Crippen molar-refractivity contribution in [1.29, 1.82) is 0 Å². The minimum absolute atomic E-state index is 0.00493. The third-order valence-corrected chi connectivity index (χ3v) is 9.10. The van der Waals surface area contributed by atoms with Crippen LogP contribution in [0.1, 0.15) is 42.3 Å². The van der Waals surface area contributed by atoms with Crippen LogP contribution < -0.4 is 15.0 Å². The number of anilines is 1. The molecule has 46 heavy (non-hydrogen) atoms. The highest BCUT2D eigenvalue weighted by molar-refractivity contribution is 8.00. The molecule has 0 fully saturated rings. The molecule has 2 amide bonds. The van der Waals surface area contributed by atoms with E-state index in [1.165, 1.54) is 17.8 Å². The van der Waals surface area contributed by atoms with E-state index < -0.39 is 28.9 Å². The Hall–Kier alpha value is -3.77. The molecule has 1 unspecified atom stereocenters. The molecular formula is C33H33Cl2FN4O5S. The predicted molar refractivity (Wildman–Crippen MR) is 178 cm³/mol. The fourth-order valence-corrected chi connectivity index (χ4v) is 6.52. The molecule has 4 aromatic rings. The second-order valence-electron chi connectivity index (χ2n) is 11.3. The van der Waals surface area contributed by atoms with E-state index in [0.717, 1.165) is 27.7 Å². The van der Waals surface area contributed by atoms with Crippen molar-refractivity contribution < 1.29 is 28.6 Å². The van der Waals surface area contributed by atoms with Gasteiger partial charge in [-0.2, -0.15) is 5.10 Å². The molecule has 0 aliphatic carbocycles. The van der Waals surface area contributed by atoms with Crippen LogP contribution in [-0.4, -0.2) is 57.6 Å². The number of fused-ring (bicyclic) bond motifs is 1. The van der Waals surface area contributed by atoms with E-state index in [0.29, 0.717) is 16.5 Å². The summed E-state index contributed by atoms with van der Waals surface area (Å²) in [6.45, 7) is 7.19. The molecule has 2 heterocycles. The molecule has 3 aromatic carbocycles. The van der Waals surface area contributed by atoms with E-state index in [1.807, 2.05) is 37.3 Å². The molecule has 0 spiro atoms. The first-order valence-electron chi connectivity index (χ1n) is 14.5. The molecule has 2 N–H and O–H groups in total. The number of nitrogens with one attached hydrogen (secondary N) is 1. The third kappa shape index (κ3) is 7.60. The number of rotatable bonds is 9. The number of nitrogens with zero attached hydrogens (tertiary/aromatic N) is 3. The van der Waals surface area contributed by atoms with Gasteiger partial charge in [0.25, 0.3) is 5.91 Å². The summed E-state index contributed by atoms with van der Waals surface area (Å²) in [5.74, 6) is -0.596. The van der Waals surface area contributed by atoms with Gasteiger partial charge in [0.1, 0.15) is 11.6 Å². The maximum Gasteiger partial charge on any atom is 0.414 e. The van der Waals surface area contributed by atoms with E-state index in [-0.39, 0.29) is 42.4 Å². The highest BCUT2D eigenvalue weighted by atomic mass is 35.5. The van der Waals surface area contributed by atoms with Crippen molar-refractivity contribution in [3.63, 3.8) is 0 Å². The standard InChI is InChI=1S/C33H33Cl2FN4O5S/c1-5-44-32(42)40-17-29(45-28-11-7-9-24(34)19(28)2)46-30-22(8-6-10-27(30)40)21-14-38-39(15-21)16-23-25(35)12-20(13-26(23)36)31(41)37-18-33(3,4)43/h6-15,29,43H,5,16-18H2,1-4H3,(H,37,41). The van der Waals surface area contributed by atoms with Crippen LogP contribution in [0, 0.1) is 12.7 Å². The number of aromatic nitrogens is 2. The zero-order valence-electron chi connectivity index (χ0n) is 25.6. The third-order valence-electron chi connectivity index (χ3n) is 7.18. The summed E-state index contributed by atoms with van der Waals surface area (Å²) in [6.07, 6.45) is 2.92. The van der Waals surface area contributed by atoms with Gasteiger partial charge in [0.05, 0.1) is 37.2 Å². The number of hydrogen-bond donors (Lipinski definition) is 2. The van der Waals surface area contributed by atoms with Crippen molar-refractivity contribution in [1.82, 2.24) is 15.1 Å². The van der Waals surface area contributed by atoms with Gasteiger partial charge in [-0.25, -0.2) is 9.18 Å². The van der Waals surface area contributed by atoms with Gasteiger partial charge in [-0.05, 0) is 58.0 Å². The van der Waals surface area contributed by atoms with Crippen molar-refractivity contribution >= 4 is 52.7 Å². The van der Waals surface area contributed by atoms with Crippen LogP contribution >= 0.6 is 35.0 Å². The van der Waals surface area contributed by atoms with E-state index in [1.54, 1.807) is 48.8 Å². The lowest BCUT2D eigenvalue weighted by Gasteiger charge is -2.34. The molecule has 13 heteroatoms. The maximum absolute atomic E-state index is 15.2. The first-order chi connectivity index (χ1) is 21.8. The Balaban J connectivity index is 1.42. The van der Waals surface area contributed by atoms with Crippen molar-refractivity contribution in [3.05, 3.63) is 93.5 Å². The second kappa shape index (κ2) is 13.9. The lowest BCUT2D eigenvalue weighted by Crippen LogP contribution is -2.42. The number of aliphatic hydroxyl groups is 1. The Morgan fingerprint density at radius 2 is 1.93 bits per heavy atom. The fraction of sp³-hybridized carbons (Fsp3) is 0.303. The molecule has 1 aromatic heterocycles. The van der Waals surface area contributed by atoms with Crippen molar-refractivity contribution in [2.75, 3.05) is 24.6 Å². The Bertz CT molecular complexity index is 1750. The van der Waals surface area contributed by atoms with Crippen LogP contribution in [-0.2, 0) is 11.3 Å². The van der Waals surface area contributed by atoms with Crippen LogP contribution in [0.15, 0.2) is 65.8 Å². The van der Waals surface area contributed by atoms with Crippen molar-refractivity contribution in [2.24, 2.45) is 0 Å². The second-order valence-corrected chi connectivity index (χ2v) is 13.3. The van der Waals surface area contributed by atoms with Crippen molar-refractivity contribution in [3.8, 4) is 16.9 Å². The largest absolute Gasteiger partial charge is 0.477 e. The average Bonchev–Trinajstić information content (AvgIpc) is 3.47. The van der Waals surface area contributed by atoms with Gasteiger partial charge in [-0.3, -0.25) is 14.4 Å². The number of thioether (sulfide) groups is 1. The molecule has 1 atom stereocenters. The Morgan fingerprint density at radius 3 is 2.65 bits per heavy atom. The summed E-state index contributed by atoms with van der Waals surface area (Å²) >= 11 is 14.2. The van der Waals surface area contributed by atoms with E-state index >= 15 is 4.39 Å². The van der Waals surface area contributed by atoms with Crippen LogP contribution in [0.5, 0.6) is 5.75 Å². The smallest absolute Gasteiger partial charge is 0.414 e. The lowest BCUT2D eigenvalue weighted by atomic mass is 10.1. The number of carbonyl (C=O) groups excluding carboxylic acids is 2. The van der Waals surface area contributed by atoms with Crippen LogP contribution in [0.4, 0.5) is 14.9 Å². The fourth-order valence-electron chi connectivity index (χ4n) is 4.83. The van der Waals surface area contributed by atoms with E-state index in [4.69, 9.17) is 32.7 Å². The first-order valence-corrected chi connectivity index (χ1v) is 16.1. The minimum Gasteiger partial charge on any atom is -0.477 e. The van der Waals surface area contributed by atoms with Gasteiger partial charge in [0.2, 0.25) is 0 Å².